The summed E-state index contributed by atoms with van der Waals surface area (Å²) >= 11 is 3.57. The van der Waals surface area contributed by atoms with Gasteiger partial charge in [0.2, 0.25) is 0 Å². The van der Waals surface area contributed by atoms with Crippen molar-refractivity contribution in [2.24, 2.45) is 0 Å². The summed E-state index contributed by atoms with van der Waals surface area (Å²) in [5, 5.41) is 3.39. The largest absolute Gasteiger partial charge is 0.377 e. The summed E-state index contributed by atoms with van der Waals surface area (Å²) in [4.78, 5) is 0. The maximum atomic E-state index is 5.45. The number of hydrogen-bond acceptors (Lipinski definition) is 2. The van der Waals surface area contributed by atoms with E-state index in [1.165, 1.54) is 15.6 Å². The van der Waals surface area contributed by atoms with Crippen molar-refractivity contribution < 1.29 is 4.74 Å². The van der Waals surface area contributed by atoms with Gasteiger partial charge in [0.05, 0.1) is 6.10 Å². The molecule has 0 fully saturated rings. The zero-order valence-corrected chi connectivity index (χ0v) is 11.8. The average Bonchev–Trinajstić information content (AvgIpc) is 2.22. The molecule has 1 unspecified atom stereocenters. The Bertz CT molecular complexity index is 328. The van der Waals surface area contributed by atoms with Crippen LogP contribution in [-0.4, -0.2) is 19.3 Å². The van der Waals surface area contributed by atoms with Crippen LogP contribution >= 0.6 is 15.9 Å². The Labute approximate surface area is 107 Å². The Morgan fingerprint density at radius 3 is 2.81 bits per heavy atom. The molecule has 16 heavy (non-hydrogen) atoms. The third-order valence-corrected chi connectivity index (χ3v) is 3.15. The van der Waals surface area contributed by atoms with Crippen LogP contribution in [0.3, 0.4) is 0 Å². The topological polar surface area (TPSA) is 21.3 Å². The molecule has 0 amide bonds. The molecular formula is C13H20BrNO. The molecule has 3 heteroatoms. The van der Waals surface area contributed by atoms with Gasteiger partial charge >= 0.3 is 0 Å². The van der Waals surface area contributed by atoms with Gasteiger partial charge < -0.3 is 10.1 Å². The van der Waals surface area contributed by atoms with E-state index in [2.05, 4.69) is 53.3 Å². The number of halogens is 1. The fourth-order valence-corrected chi connectivity index (χ4v) is 2.18. The predicted molar refractivity (Wildman–Crippen MR) is 71.7 cm³/mol. The molecular weight excluding hydrogens is 266 g/mol. The molecule has 1 aromatic carbocycles. The van der Waals surface area contributed by atoms with Crippen LogP contribution in [0.4, 0.5) is 0 Å². The van der Waals surface area contributed by atoms with Crippen molar-refractivity contribution in [2.75, 3.05) is 13.2 Å². The lowest BCUT2D eigenvalue weighted by Gasteiger charge is -2.13. The van der Waals surface area contributed by atoms with E-state index in [0.717, 1.165) is 19.7 Å². The summed E-state index contributed by atoms with van der Waals surface area (Å²) < 4.78 is 6.63. The van der Waals surface area contributed by atoms with E-state index in [0.29, 0.717) is 0 Å². The molecule has 0 spiro atoms. The molecule has 90 valence electrons. The van der Waals surface area contributed by atoms with Gasteiger partial charge in [-0.2, -0.15) is 0 Å². The number of nitrogens with one attached hydrogen (secondary N) is 1. The van der Waals surface area contributed by atoms with Crippen LogP contribution in [0.25, 0.3) is 0 Å². The molecule has 1 atom stereocenters. The SMILES string of the molecule is CCOC(C)CNCc1ccc(C)cc1Br. The molecule has 0 aromatic heterocycles. The van der Waals surface area contributed by atoms with E-state index in [4.69, 9.17) is 4.74 Å². The highest BCUT2D eigenvalue weighted by Crippen LogP contribution is 2.17. The Morgan fingerprint density at radius 2 is 2.19 bits per heavy atom. The normalized spacial score (nSPS) is 12.8. The molecule has 0 aliphatic carbocycles. The fraction of sp³-hybridized carbons (Fsp3) is 0.538. The maximum absolute atomic E-state index is 5.45. The average molecular weight is 286 g/mol. The van der Waals surface area contributed by atoms with Gasteiger partial charge in [0.25, 0.3) is 0 Å². The number of hydrogen-bond donors (Lipinski definition) is 1. The summed E-state index contributed by atoms with van der Waals surface area (Å²) in [6.07, 6.45) is 0.272. The Morgan fingerprint density at radius 1 is 1.44 bits per heavy atom. The first-order valence-electron chi connectivity index (χ1n) is 5.70. The van der Waals surface area contributed by atoms with Gasteiger partial charge in [-0.1, -0.05) is 28.1 Å². The standard InChI is InChI=1S/C13H20BrNO/c1-4-16-11(3)8-15-9-12-6-5-10(2)7-13(12)14/h5-7,11,15H,4,8-9H2,1-3H3. The second-order valence-electron chi connectivity index (χ2n) is 3.99. The second-order valence-corrected chi connectivity index (χ2v) is 4.85. The van der Waals surface area contributed by atoms with E-state index in [1.807, 2.05) is 6.92 Å². The van der Waals surface area contributed by atoms with Crippen LogP contribution in [0.15, 0.2) is 22.7 Å². The van der Waals surface area contributed by atoms with Crippen molar-refractivity contribution in [2.45, 2.75) is 33.4 Å². The van der Waals surface area contributed by atoms with Crippen molar-refractivity contribution in [1.29, 1.82) is 0 Å². The highest BCUT2D eigenvalue weighted by Gasteiger charge is 2.02. The zero-order chi connectivity index (χ0) is 12.0. The molecule has 2 nitrogen and oxygen atoms in total. The molecule has 0 radical (unpaired) electrons. The molecule has 1 aromatic rings. The third kappa shape index (κ3) is 4.64. The lowest BCUT2D eigenvalue weighted by molar-refractivity contribution is 0.0759. The third-order valence-electron chi connectivity index (χ3n) is 2.41. The smallest absolute Gasteiger partial charge is 0.0671 e. The first-order chi connectivity index (χ1) is 7.63. The van der Waals surface area contributed by atoms with Crippen LogP contribution in [0.1, 0.15) is 25.0 Å². The van der Waals surface area contributed by atoms with Gasteiger partial charge in [0, 0.05) is 24.2 Å². The summed E-state index contributed by atoms with van der Waals surface area (Å²) in [7, 11) is 0. The maximum Gasteiger partial charge on any atom is 0.0671 e. The van der Waals surface area contributed by atoms with Crippen LogP contribution in [0, 0.1) is 6.92 Å². The second kappa shape index (κ2) is 7.05. The highest BCUT2D eigenvalue weighted by atomic mass is 79.9. The van der Waals surface area contributed by atoms with Gasteiger partial charge in [0.1, 0.15) is 0 Å². The number of rotatable bonds is 6. The van der Waals surface area contributed by atoms with Crippen molar-refractivity contribution in [3.8, 4) is 0 Å². The van der Waals surface area contributed by atoms with Crippen molar-refractivity contribution in [3.05, 3.63) is 33.8 Å². The summed E-state index contributed by atoms with van der Waals surface area (Å²) in [6, 6.07) is 6.43. The van der Waals surface area contributed by atoms with E-state index >= 15 is 0 Å². The minimum atomic E-state index is 0.272. The van der Waals surface area contributed by atoms with E-state index < -0.39 is 0 Å². The Kier molecular flexibility index (Phi) is 6.03. The van der Waals surface area contributed by atoms with Crippen LogP contribution in [0.5, 0.6) is 0 Å². The first kappa shape index (κ1) is 13.7. The summed E-state index contributed by atoms with van der Waals surface area (Å²) in [6.45, 7) is 8.73. The molecule has 0 aliphatic rings. The molecule has 1 rings (SSSR count). The van der Waals surface area contributed by atoms with Crippen LogP contribution in [-0.2, 0) is 11.3 Å². The quantitative estimate of drug-likeness (QED) is 0.866. The van der Waals surface area contributed by atoms with E-state index in [1.54, 1.807) is 0 Å². The fourth-order valence-electron chi connectivity index (χ4n) is 1.55. The van der Waals surface area contributed by atoms with Crippen molar-refractivity contribution in [1.82, 2.24) is 5.32 Å². The van der Waals surface area contributed by atoms with Crippen LogP contribution < -0.4 is 5.32 Å². The van der Waals surface area contributed by atoms with Gasteiger partial charge in [-0.05, 0) is 38.0 Å². The van der Waals surface area contributed by atoms with Gasteiger partial charge in [-0.3, -0.25) is 0 Å². The number of aryl methyl sites for hydroxylation is 1. The van der Waals surface area contributed by atoms with E-state index in [9.17, 15) is 0 Å². The molecule has 0 bridgehead atoms. The molecule has 0 aliphatic heterocycles. The Hall–Kier alpha value is -0.380. The van der Waals surface area contributed by atoms with Crippen LogP contribution in [0.2, 0.25) is 0 Å². The summed E-state index contributed by atoms with van der Waals surface area (Å²) in [5.41, 5.74) is 2.56. The zero-order valence-electron chi connectivity index (χ0n) is 10.2. The minimum absolute atomic E-state index is 0.272. The first-order valence-corrected chi connectivity index (χ1v) is 6.50. The molecule has 1 N–H and O–H groups in total. The number of ether oxygens (including phenoxy) is 1. The minimum Gasteiger partial charge on any atom is -0.377 e. The van der Waals surface area contributed by atoms with Crippen molar-refractivity contribution >= 4 is 15.9 Å². The summed E-state index contributed by atoms with van der Waals surface area (Å²) in [5.74, 6) is 0. The lowest BCUT2D eigenvalue weighted by atomic mass is 10.1. The molecule has 0 saturated carbocycles. The van der Waals surface area contributed by atoms with E-state index in [-0.39, 0.29) is 6.10 Å². The molecule has 0 saturated heterocycles. The highest BCUT2D eigenvalue weighted by molar-refractivity contribution is 9.10. The van der Waals surface area contributed by atoms with Gasteiger partial charge in [-0.25, -0.2) is 0 Å². The Balaban J connectivity index is 2.37. The van der Waals surface area contributed by atoms with Gasteiger partial charge in [-0.15, -0.1) is 0 Å². The van der Waals surface area contributed by atoms with Crippen molar-refractivity contribution in [3.63, 3.8) is 0 Å². The number of benzene rings is 1. The predicted octanol–water partition coefficient (Wildman–Crippen LogP) is 3.27. The molecule has 0 heterocycles. The lowest BCUT2D eigenvalue weighted by Crippen LogP contribution is -2.26. The monoisotopic (exact) mass is 285 g/mol. The van der Waals surface area contributed by atoms with Gasteiger partial charge in [0.15, 0.2) is 0 Å².